The Morgan fingerprint density at radius 3 is 2.77 bits per heavy atom. The summed E-state index contributed by atoms with van der Waals surface area (Å²) in [5, 5.41) is 2.72. The molecule has 8 heteroatoms. The molecule has 1 aromatic heterocycles. The first-order valence-electron chi connectivity index (χ1n) is 8.71. The highest BCUT2D eigenvalue weighted by molar-refractivity contribution is 7.95. The van der Waals surface area contributed by atoms with Gasteiger partial charge in [-0.2, -0.15) is 0 Å². The molecular formula is C18H24N4O3S. The van der Waals surface area contributed by atoms with Crippen LogP contribution in [-0.4, -0.2) is 35.5 Å². The van der Waals surface area contributed by atoms with Crippen molar-refractivity contribution < 1.29 is 13.9 Å². The zero-order valence-corrected chi connectivity index (χ0v) is 15.6. The van der Waals surface area contributed by atoms with Crippen LogP contribution in [0.3, 0.4) is 0 Å². The van der Waals surface area contributed by atoms with Gasteiger partial charge in [0.05, 0.1) is 6.20 Å². The minimum atomic E-state index is -0.511. The van der Waals surface area contributed by atoms with Gasteiger partial charge in [-0.05, 0) is 49.9 Å². The van der Waals surface area contributed by atoms with E-state index in [1.54, 1.807) is 12.1 Å². The summed E-state index contributed by atoms with van der Waals surface area (Å²) in [6.45, 7) is 2.30. The standard InChI is InChI=1S/C18H24N4O3S/c1-19-26-22-8-6-15(7-9-22)10-14-2-4-16(5-3-14)21-18(23)24-12-17-11-20-13-25-17/h2-5,11,13,15,19H,6-10,12H2,1H3,(H,21,23). The third-order valence-electron chi connectivity index (χ3n) is 4.35. The lowest BCUT2D eigenvalue weighted by atomic mass is 9.91. The van der Waals surface area contributed by atoms with Crippen molar-refractivity contribution in [3.05, 3.63) is 48.2 Å². The number of hydrogen-bond acceptors (Lipinski definition) is 7. The van der Waals surface area contributed by atoms with Gasteiger partial charge in [0.25, 0.3) is 0 Å². The van der Waals surface area contributed by atoms with E-state index < -0.39 is 6.09 Å². The topological polar surface area (TPSA) is 79.6 Å². The second kappa shape index (κ2) is 9.61. The molecule has 1 aliphatic rings. The Labute approximate surface area is 157 Å². The molecule has 0 spiro atoms. The van der Waals surface area contributed by atoms with E-state index in [4.69, 9.17) is 9.15 Å². The highest BCUT2D eigenvalue weighted by atomic mass is 32.2. The zero-order chi connectivity index (χ0) is 18.2. The van der Waals surface area contributed by atoms with E-state index in [2.05, 4.69) is 31.5 Å². The zero-order valence-electron chi connectivity index (χ0n) is 14.8. The van der Waals surface area contributed by atoms with Crippen LogP contribution in [0, 0.1) is 5.92 Å². The number of aromatic nitrogens is 1. The van der Waals surface area contributed by atoms with Gasteiger partial charge in [-0.25, -0.2) is 14.1 Å². The fourth-order valence-electron chi connectivity index (χ4n) is 3.00. The van der Waals surface area contributed by atoms with Crippen LogP contribution in [0.15, 0.2) is 41.3 Å². The maximum Gasteiger partial charge on any atom is 0.412 e. The lowest BCUT2D eigenvalue weighted by Gasteiger charge is -2.30. The fraction of sp³-hybridized carbons (Fsp3) is 0.444. The molecule has 2 N–H and O–H groups in total. The van der Waals surface area contributed by atoms with Crippen molar-refractivity contribution in [3.8, 4) is 0 Å². The Morgan fingerprint density at radius 1 is 1.35 bits per heavy atom. The molecule has 1 aromatic carbocycles. The summed E-state index contributed by atoms with van der Waals surface area (Å²) in [6.07, 6.45) is 5.81. The fourth-order valence-corrected chi connectivity index (χ4v) is 3.65. The molecule has 1 fully saturated rings. The van der Waals surface area contributed by atoms with Gasteiger partial charge >= 0.3 is 6.09 Å². The second-order valence-electron chi connectivity index (χ2n) is 6.24. The van der Waals surface area contributed by atoms with Gasteiger partial charge in [0.1, 0.15) is 0 Å². The predicted octanol–water partition coefficient (Wildman–Crippen LogP) is 3.46. The summed E-state index contributed by atoms with van der Waals surface area (Å²) >= 11 is 1.69. The average Bonchev–Trinajstić information content (AvgIpc) is 3.17. The van der Waals surface area contributed by atoms with Gasteiger partial charge in [-0.1, -0.05) is 12.1 Å². The maximum absolute atomic E-state index is 11.8. The summed E-state index contributed by atoms with van der Waals surface area (Å²) in [5.74, 6) is 1.23. The monoisotopic (exact) mass is 376 g/mol. The summed E-state index contributed by atoms with van der Waals surface area (Å²) in [5.41, 5.74) is 2.02. The number of hydrogen-bond donors (Lipinski definition) is 2. The molecule has 0 aliphatic carbocycles. The van der Waals surface area contributed by atoms with Crippen LogP contribution in [0.1, 0.15) is 24.2 Å². The van der Waals surface area contributed by atoms with E-state index >= 15 is 0 Å². The number of nitrogens with one attached hydrogen (secondary N) is 2. The van der Waals surface area contributed by atoms with Gasteiger partial charge < -0.3 is 9.15 Å². The van der Waals surface area contributed by atoms with Crippen molar-refractivity contribution in [2.75, 3.05) is 25.5 Å². The normalized spacial score (nSPS) is 15.7. The van der Waals surface area contributed by atoms with Crippen LogP contribution in [-0.2, 0) is 17.8 Å². The smallest absolute Gasteiger partial charge is 0.412 e. The summed E-state index contributed by atoms with van der Waals surface area (Å²) in [7, 11) is 1.95. The Balaban J connectivity index is 1.41. The van der Waals surface area contributed by atoms with Crippen LogP contribution in [0.5, 0.6) is 0 Å². The largest absolute Gasteiger partial charge is 0.445 e. The van der Waals surface area contributed by atoms with E-state index in [0.29, 0.717) is 5.76 Å². The molecule has 7 nitrogen and oxygen atoms in total. The van der Waals surface area contributed by atoms with Crippen molar-refractivity contribution in [1.82, 2.24) is 14.0 Å². The van der Waals surface area contributed by atoms with Crippen molar-refractivity contribution in [2.24, 2.45) is 5.92 Å². The van der Waals surface area contributed by atoms with Gasteiger partial charge in [0.15, 0.2) is 18.8 Å². The van der Waals surface area contributed by atoms with Crippen LogP contribution in [0.2, 0.25) is 0 Å². The second-order valence-corrected chi connectivity index (χ2v) is 7.34. The van der Waals surface area contributed by atoms with Gasteiger partial charge in [-0.3, -0.25) is 10.0 Å². The number of amides is 1. The molecule has 2 aromatic rings. The van der Waals surface area contributed by atoms with Crippen molar-refractivity contribution >= 4 is 23.9 Å². The molecule has 0 saturated carbocycles. The quantitative estimate of drug-likeness (QED) is 0.716. The Bertz CT molecular complexity index is 670. The third kappa shape index (κ3) is 5.76. The van der Waals surface area contributed by atoms with E-state index in [1.165, 1.54) is 31.0 Å². The molecule has 140 valence electrons. The summed E-state index contributed by atoms with van der Waals surface area (Å²) in [6, 6.07) is 7.97. The number of piperidine rings is 1. The lowest BCUT2D eigenvalue weighted by Crippen LogP contribution is -2.31. The first kappa shape index (κ1) is 18.8. The molecule has 0 radical (unpaired) electrons. The number of anilines is 1. The van der Waals surface area contributed by atoms with Crippen molar-refractivity contribution in [1.29, 1.82) is 0 Å². The maximum atomic E-state index is 11.8. The number of nitrogens with zero attached hydrogens (tertiary/aromatic N) is 2. The SMILES string of the molecule is CNSN1CCC(Cc2ccc(NC(=O)OCc3cnco3)cc2)CC1. The van der Waals surface area contributed by atoms with Crippen molar-refractivity contribution in [3.63, 3.8) is 0 Å². The van der Waals surface area contributed by atoms with Crippen LogP contribution in [0.25, 0.3) is 0 Å². The van der Waals surface area contributed by atoms with Crippen molar-refractivity contribution in [2.45, 2.75) is 25.9 Å². The highest BCUT2D eigenvalue weighted by Crippen LogP contribution is 2.25. The molecule has 3 rings (SSSR count). The Morgan fingerprint density at radius 2 is 2.12 bits per heavy atom. The molecule has 26 heavy (non-hydrogen) atoms. The van der Waals surface area contributed by atoms with Gasteiger partial charge in [0, 0.05) is 30.9 Å². The van der Waals surface area contributed by atoms with E-state index in [0.717, 1.165) is 31.1 Å². The molecule has 2 heterocycles. The molecule has 0 unspecified atom stereocenters. The molecule has 1 aliphatic heterocycles. The molecule has 0 bridgehead atoms. The van der Waals surface area contributed by atoms with Crippen LogP contribution < -0.4 is 10.0 Å². The molecule has 0 atom stereocenters. The minimum absolute atomic E-state index is 0.0639. The van der Waals surface area contributed by atoms with Crippen LogP contribution >= 0.6 is 12.1 Å². The third-order valence-corrected chi connectivity index (χ3v) is 5.15. The Hall–Kier alpha value is -2.03. The number of ether oxygens (including phenoxy) is 1. The van der Waals surface area contributed by atoms with E-state index in [-0.39, 0.29) is 6.61 Å². The summed E-state index contributed by atoms with van der Waals surface area (Å²) < 4.78 is 15.6. The summed E-state index contributed by atoms with van der Waals surface area (Å²) in [4.78, 5) is 15.6. The molecule has 1 amide bonds. The number of carbonyl (C=O) groups excluding carboxylic acids is 1. The number of rotatable bonds is 7. The number of carbonyl (C=O) groups is 1. The minimum Gasteiger partial charge on any atom is -0.445 e. The average molecular weight is 376 g/mol. The van der Waals surface area contributed by atoms with E-state index in [9.17, 15) is 4.79 Å². The molecular weight excluding hydrogens is 352 g/mol. The van der Waals surface area contributed by atoms with Gasteiger partial charge in [-0.15, -0.1) is 0 Å². The lowest BCUT2D eigenvalue weighted by molar-refractivity contribution is 0.146. The van der Waals surface area contributed by atoms with E-state index in [1.807, 2.05) is 19.2 Å². The first-order chi connectivity index (χ1) is 12.7. The molecule has 1 saturated heterocycles. The predicted molar refractivity (Wildman–Crippen MR) is 101 cm³/mol. The highest BCUT2D eigenvalue weighted by Gasteiger charge is 2.19. The van der Waals surface area contributed by atoms with Crippen LogP contribution in [0.4, 0.5) is 10.5 Å². The first-order valence-corrected chi connectivity index (χ1v) is 9.49. The number of benzene rings is 1. The van der Waals surface area contributed by atoms with Gasteiger partial charge in [0.2, 0.25) is 0 Å². The number of oxazole rings is 1. The Kier molecular flexibility index (Phi) is 6.93.